The predicted molar refractivity (Wildman–Crippen MR) is 75.1 cm³/mol. The lowest BCUT2D eigenvalue weighted by Crippen LogP contribution is -2.25. The number of hydrogen-bond acceptors (Lipinski definition) is 3. The number of hydrogen-bond donors (Lipinski definition) is 1. The summed E-state index contributed by atoms with van der Waals surface area (Å²) < 4.78 is 16.5. The zero-order valence-corrected chi connectivity index (χ0v) is 12.6. The molecule has 0 aliphatic carbocycles. The summed E-state index contributed by atoms with van der Waals surface area (Å²) >= 11 is 3.26. The zero-order valence-electron chi connectivity index (χ0n) is 11.1. The Bertz CT molecular complexity index is 570. The molecule has 0 aliphatic rings. The van der Waals surface area contributed by atoms with Crippen molar-refractivity contribution in [2.24, 2.45) is 7.05 Å². The van der Waals surface area contributed by atoms with Crippen molar-refractivity contribution >= 4 is 15.9 Å². The molecule has 102 valence electrons. The average Bonchev–Trinajstić information content (AvgIpc) is 2.75. The van der Waals surface area contributed by atoms with E-state index in [0.717, 1.165) is 10.3 Å². The van der Waals surface area contributed by atoms with Crippen LogP contribution < -0.4 is 5.32 Å². The molecule has 0 saturated heterocycles. The van der Waals surface area contributed by atoms with E-state index in [-0.39, 0.29) is 17.9 Å². The van der Waals surface area contributed by atoms with Gasteiger partial charge >= 0.3 is 0 Å². The van der Waals surface area contributed by atoms with Crippen LogP contribution in [0.25, 0.3) is 0 Å². The molecule has 2 rings (SSSR count). The molecule has 19 heavy (non-hydrogen) atoms. The molecule has 0 radical (unpaired) electrons. The largest absolute Gasteiger partial charge is 0.319 e. The molecule has 0 bridgehead atoms. The maximum atomic E-state index is 13.9. The van der Waals surface area contributed by atoms with E-state index in [1.54, 1.807) is 12.4 Å². The number of rotatable bonds is 4. The molecule has 4 nitrogen and oxygen atoms in total. The van der Waals surface area contributed by atoms with E-state index >= 15 is 0 Å². The first-order valence-electron chi connectivity index (χ1n) is 6.04. The summed E-state index contributed by atoms with van der Waals surface area (Å²) in [6.07, 6.45) is 1.65. The highest BCUT2D eigenvalue weighted by Gasteiger charge is 2.17. The number of aryl methyl sites for hydroxylation is 1. The second kappa shape index (κ2) is 5.79. The molecule has 1 N–H and O–H groups in total. The van der Waals surface area contributed by atoms with E-state index in [4.69, 9.17) is 0 Å². The quantitative estimate of drug-likeness (QED) is 0.938. The summed E-state index contributed by atoms with van der Waals surface area (Å²) in [6.45, 7) is 3.91. The Kier molecular flexibility index (Phi) is 4.31. The van der Waals surface area contributed by atoms with Gasteiger partial charge in [-0.15, -0.1) is 10.2 Å². The number of aromatic nitrogens is 3. The van der Waals surface area contributed by atoms with Crippen molar-refractivity contribution in [1.29, 1.82) is 0 Å². The van der Waals surface area contributed by atoms with Crippen molar-refractivity contribution in [2.75, 3.05) is 0 Å². The van der Waals surface area contributed by atoms with Gasteiger partial charge in [-0.2, -0.15) is 0 Å². The van der Waals surface area contributed by atoms with Crippen LogP contribution in [-0.2, 0) is 7.05 Å². The van der Waals surface area contributed by atoms with Crippen LogP contribution in [0.3, 0.4) is 0 Å². The minimum absolute atomic E-state index is 0.00875. The SMILES string of the molecule is CC(NC(C)c1nncn1C)c1ccc(Br)cc1F. The summed E-state index contributed by atoms with van der Waals surface area (Å²) in [4.78, 5) is 0. The Morgan fingerprint density at radius 2 is 2.05 bits per heavy atom. The van der Waals surface area contributed by atoms with Crippen molar-refractivity contribution < 1.29 is 4.39 Å². The van der Waals surface area contributed by atoms with Gasteiger partial charge in [0.05, 0.1) is 6.04 Å². The normalized spacial score (nSPS) is 14.4. The van der Waals surface area contributed by atoms with E-state index in [1.165, 1.54) is 6.07 Å². The van der Waals surface area contributed by atoms with Gasteiger partial charge in [0.25, 0.3) is 0 Å². The fourth-order valence-electron chi connectivity index (χ4n) is 2.08. The van der Waals surface area contributed by atoms with Crippen LogP contribution in [0.15, 0.2) is 29.0 Å². The fraction of sp³-hybridized carbons (Fsp3) is 0.385. The van der Waals surface area contributed by atoms with E-state index in [2.05, 4.69) is 31.4 Å². The number of nitrogens with one attached hydrogen (secondary N) is 1. The Morgan fingerprint density at radius 1 is 1.32 bits per heavy atom. The van der Waals surface area contributed by atoms with Crippen LogP contribution in [0, 0.1) is 5.82 Å². The topological polar surface area (TPSA) is 42.7 Å². The summed E-state index contributed by atoms with van der Waals surface area (Å²) in [5.41, 5.74) is 0.636. The van der Waals surface area contributed by atoms with Gasteiger partial charge in [0.15, 0.2) is 0 Å². The molecule has 0 saturated carbocycles. The van der Waals surface area contributed by atoms with Crippen molar-refractivity contribution in [3.8, 4) is 0 Å². The lowest BCUT2D eigenvalue weighted by Gasteiger charge is -2.20. The third-order valence-corrected chi connectivity index (χ3v) is 3.56. The highest BCUT2D eigenvalue weighted by molar-refractivity contribution is 9.10. The van der Waals surface area contributed by atoms with Crippen LogP contribution >= 0.6 is 15.9 Å². The fourth-order valence-corrected chi connectivity index (χ4v) is 2.41. The standard InChI is InChI=1S/C13H16BrFN4/c1-8(11-5-4-10(14)6-12(11)15)17-9(2)13-18-16-7-19(13)3/h4-9,17H,1-3H3. The number of benzene rings is 1. The number of halogens is 2. The Labute approximate surface area is 120 Å². The summed E-state index contributed by atoms with van der Waals surface area (Å²) in [6, 6.07) is 4.97. The first-order valence-corrected chi connectivity index (χ1v) is 6.83. The van der Waals surface area contributed by atoms with Gasteiger partial charge in [-0.1, -0.05) is 22.0 Å². The molecule has 1 aromatic carbocycles. The van der Waals surface area contributed by atoms with Crippen LogP contribution in [0.5, 0.6) is 0 Å². The van der Waals surface area contributed by atoms with E-state index in [0.29, 0.717) is 5.56 Å². The van der Waals surface area contributed by atoms with Gasteiger partial charge in [0.2, 0.25) is 0 Å². The van der Waals surface area contributed by atoms with Crippen LogP contribution in [-0.4, -0.2) is 14.8 Å². The Balaban J connectivity index is 2.13. The second-order valence-corrected chi connectivity index (χ2v) is 5.49. The zero-order chi connectivity index (χ0) is 14.0. The predicted octanol–water partition coefficient (Wildman–Crippen LogP) is 3.13. The lowest BCUT2D eigenvalue weighted by molar-refractivity contribution is 0.451. The van der Waals surface area contributed by atoms with E-state index in [1.807, 2.05) is 31.5 Å². The second-order valence-electron chi connectivity index (χ2n) is 4.58. The van der Waals surface area contributed by atoms with E-state index in [9.17, 15) is 4.39 Å². The minimum atomic E-state index is -0.223. The van der Waals surface area contributed by atoms with Gasteiger partial charge in [0.1, 0.15) is 18.0 Å². The van der Waals surface area contributed by atoms with Gasteiger partial charge in [-0.05, 0) is 26.0 Å². The minimum Gasteiger partial charge on any atom is -0.319 e. The Morgan fingerprint density at radius 3 is 2.63 bits per heavy atom. The maximum Gasteiger partial charge on any atom is 0.149 e. The summed E-state index contributed by atoms with van der Waals surface area (Å²) in [5.74, 6) is 0.601. The van der Waals surface area contributed by atoms with Gasteiger partial charge in [-0.3, -0.25) is 0 Å². The van der Waals surface area contributed by atoms with Crippen molar-refractivity contribution in [3.63, 3.8) is 0 Å². The monoisotopic (exact) mass is 326 g/mol. The molecule has 6 heteroatoms. The molecule has 0 amide bonds. The van der Waals surface area contributed by atoms with Gasteiger partial charge < -0.3 is 9.88 Å². The molecule has 0 aliphatic heterocycles. The molecule has 2 aromatic rings. The summed E-state index contributed by atoms with van der Waals surface area (Å²) in [7, 11) is 1.89. The highest BCUT2D eigenvalue weighted by atomic mass is 79.9. The van der Waals surface area contributed by atoms with Crippen LogP contribution in [0.4, 0.5) is 4.39 Å². The maximum absolute atomic E-state index is 13.9. The summed E-state index contributed by atoms with van der Waals surface area (Å²) in [5, 5.41) is 11.2. The molecule has 1 aromatic heterocycles. The van der Waals surface area contributed by atoms with Crippen molar-refractivity contribution in [1.82, 2.24) is 20.1 Å². The van der Waals surface area contributed by atoms with Crippen molar-refractivity contribution in [2.45, 2.75) is 25.9 Å². The lowest BCUT2D eigenvalue weighted by atomic mass is 10.1. The molecule has 0 spiro atoms. The molecule has 1 heterocycles. The number of nitrogens with zero attached hydrogens (tertiary/aromatic N) is 3. The molecule has 2 atom stereocenters. The first-order chi connectivity index (χ1) is 8.99. The van der Waals surface area contributed by atoms with Crippen LogP contribution in [0.1, 0.15) is 37.3 Å². The van der Waals surface area contributed by atoms with Crippen molar-refractivity contribution in [3.05, 3.63) is 46.2 Å². The van der Waals surface area contributed by atoms with E-state index < -0.39 is 0 Å². The van der Waals surface area contributed by atoms with Gasteiger partial charge in [-0.25, -0.2) is 4.39 Å². The average molecular weight is 327 g/mol. The first kappa shape index (κ1) is 14.1. The molecular weight excluding hydrogens is 311 g/mol. The third-order valence-electron chi connectivity index (χ3n) is 3.06. The smallest absolute Gasteiger partial charge is 0.149 e. The molecular formula is C13H16BrFN4. The van der Waals surface area contributed by atoms with Crippen LogP contribution in [0.2, 0.25) is 0 Å². The Hall–Kier alpha value is -1.27. The molecule has 2 unspecified atom stereocenters. The van der Waals surface area contributed by atoms with Gasteiger partial charge in [0, 0.05) is 23.1 Å². The highest BCUT2D eigenvalue weighted by Crippen LogP contribution is 2.23. The molecule has 0 fully saturated rings. The third kappa shape index (κ3) is 3.19.